The van der Waals surface area contributed by atoms with Crippen molar-refractivity contribution in [3.63, 3.8) is 0 Å². The van der Waals surface area contributed by atoms with Crippen molar-refractivity contribution in [2.75, 3.05) is 7.11 Å². The topological polar surface area (TPSA) is 75.0 Å². The maximum absolute atomic E-state index is 13.5. The number of aromatic nitrogens is 1. The summed E-state index contributed by atoms with van der Waals surface area (Å²) in [5.74, 6) is -0.686. The standard InChI is InChI=1S/C17H14F3N3O3/c1-26-13-6-2-4-11(8-13)14-9-16(25,17(18,19)20)23(22-14)15(24)12-5-3-7-21-10-12/h2-8,10,25H,9H2,1H3. The van der Waals surface area contributed by atoms with Crippen molar-refractivity contribution in [2.24, 2.45) is 5.10 Å². The highest BCUT2D eigenvalue weighted by atomic mass is 19.4. The van der Waals surface area contributed by atoms with Crippen LogP contribution in [0.2, 0.25) is 0 Å². The molecule has 1 aromatic carbocycles. The molecule has 0 saturated heterocycles. The summed E-state index contributed by atoms with van der Waals surface area (Å²) in [5.41, 5.74) is -3.33. The van der Waals surface area contributed by atoms with Crippen molar-refractivity contribution in [1.29, 1.82) is 0 Å². The molecule has 9 heteroatoms. The number of hydrogen-bond donors (Lipinski definition) is 1. The van der Waals surface area contributed by atoms with Crippen LogP contribution in [0.4, 0.5) is 13.2 Å². The Morgan fingerprint density at radius 2 is 2.08 bits per heavy atom. The number of carbonyl (C=O) groups is 1. The first-order chi connectivity index (χ1) is 12.3. The molecule has 136 valence electrons. The number of carbonyl (C=O) groups excluding carboxylic acids is 1. The third-order valence-electron chi connectivity index (χ3n) is 3.94. The zero-order valence-electron chi connectivity index (χ0n) is 13.6. The monoisotopic (exact) mass is 365 g/mol. The van der Waals surface area contributed by atoms with Gasteiger partial charge in [-0.2, -0.15) is 23.3 Å². The predicted octanol–water partition coefficient (Wildman–Crippen LogP) is 2.59. The lowest BCUT2D eigenvalue weighted by atomic mass is 10.0. The average molecular weight is 365 g/mol. The van der Waals surface area contributed by atoms with Crippen LogP contribution in [0.5, 0.6) is 5.75 Å². The molecule has 1 N–H and O–H groups in total. The van der Waals surface area contributed by atoms with Crippen molar-refractivity contribution in [2.45, 2.75) is 18.3 Å². The van der Waals surface area contributed by atoms with Crippen molar-refractivity contribution in [1.82, 2.24) is 9.99 Å². The van der Waals surface area contributed by atoms with Crippen LogP contribution in [-0.2, 0) is 0 Å². The number of ether oxygens (including phenoxy) is 1. The van der Waals surface area contributed by atoms with Gasteiger partial charge in [-0.05, 0) is 24.3 Å². The summed E-state index contributed by atoms with van der Waals surface area (Å²) in [7, 11) is 1.42. The summed E-state index contributed by atoms with van der Waals surface area (Å²) in [6.45, 7) is 0. The highest BCUT2D eigenvalue weighted by Gasteiger charge is 2.63. The van der Waals surface area contributed by atoms with Crippen molar-refractivity contribution in [3.8, 4) is 5.75 Å². The number of amides is 1. The fourth-order valence-corrected chi connectivity index (χ4v) is 2.55. The lowest BCUT2D eigenvalue weighted by molar-refractivity contribution is -0.297. The highest BCUT2D eigenvalue weighted by Crippen LogP contribution is 2.42. The van der Waals surface area contributed by atoms with E-state index in [2.05, 4.69) is 10.1 Å². The Kier molecular flexibility index (Phi) is 4.41. The second kappa shape index (κ2) is 6.41. The number of rotatable bonds is 3. The zero-order chi connectivity index (χ0) is 18.9. The first-order valence-electron chi connectivity index (χ1n) is 7.52. The van der Waals surface area contributed by atoms with Gasteiger partial charge in [0, 0.05) is 18.0 Å². The van der Waals surface area contributed by atoms with E-state index in [4.69, 9.17) is 4.74 Å². The third kappa shape index (κ3) is 3.01. The van der Waals surface area contributed by atoms with Gasteiger partial charge in [-0.3, -0.25) is 9.78 Å². The molecule has 6 nitrogen and oxygen atoms in total. The van der Waals surface area contributed by atoms with Crippen LogP contribution in [-0.4, -0.2) is 45.7 Å². The number of halogens is 3. The molecule has 1 unspecified atom stereocenters. The van der Waals surface area contributed by atoms with E-state index in [9.17, 15) is 23.1 Å². The molecule has 1 aliphatic rings. The van der Waals surface area contributed by atoms with Crippen molar-refractivity contribution in [3.05, 3.63) is 59.9 Å². The largest absolute Gasteiger partial charge is 0.497 e. The number of pyridine rings is 1. The molecule has 0 fully saturated rings. The summed E-state index contributed by atoms with van der Waals surface area (Å²) in [5, 5.41) is 14.1. The van der Waals surface area contributed by atoms with Crippen LogP contribution >= 0.6 is 0 Å². The van der Waals surface area contributed by atoms with E-state index in [1.807, 2.05) is 0 Å². The molecule has 1 amide bonds. The van der Waals surface area contributed by atoms with Crippen LogP contribution < -0.4 is 4.74 Å². The summed E-state index contributed by atoms with van der Waals surface area (Å²) < 4.78 is 45.7. The van der Waals surface area contributed by atoms with Crippen molar-refractivity contribution >= 4 is 11.6 Å². The fourth-order valence-electron chi connectivity index (χ4n) is 2.55. The van der Waals surface area contributed by atoms with Crippen LogP contribution in [0.25, 0.3) is 0 Å². The number of benzene rings is 1. The summed E-state index contributed by atoms with van der Waals surface area (Å²) in [6, 6.07) is 8.90. The van der Waals surface area contributed by atoms with Crippen LogP contribution in [0, 0.1) is 0 Å². The number of nitrogens with zero attached hydrogens (tertiary/aromatic N) is 3. The van der Waals surface area contributed by atoms with Crippen LogP contribution in [0.3, 0.4) is 0 Å². The number of hydrogen-bond acceptors (Lipinski definition) is 5. The normalized spacial score (nSPS) is 20.0. The molecular weight excluding hydrogens is 351 g/mol. The number of hydrazone groups is 1. The van der Waals surface area contributed by atoms with Gasteiger partial charge in [0.2, 0.25) is 0 Å². The SMILES string of the molecule is COc1cccc(C2=NN(C(=O)c3cccnc3)C(O)(C(F)(F)F)C2)c1. The van der Waals surface area contributed by atoms with E-state index in [-0.39, 0.29) is 16.3 Å². The van der Waals surface area contributed by atoms with Gasteiger partial charge in [-0.1, -0.05) is 12.1 Å². The first kappa shape index (κ1) is 17.9. The molecule has 1 atom stereocenters. The quantitative estimate of drug-likeness (QED) is 0.907. The Bertz CT molecular complexity index is 855. The second-order valence-electron chi connectivity index (χ2n) is 5.63. The van der Waals surface area contributed by atoms with E-state index in [1.54, 1.807) is 12.1 Å². The smallest absolute Gasteiger partial charge is 0.438 e. The van der Waals surface area contributed by atoms with E-state index < -0.39 is 24.2 Å². The van der Waals surface area contributed by atoms with E-state index in [0.29, 0.717) is 11.3 Å². The molecule has 0 spiro atoms. The Morgan fingerprint density at radius 1 is 1.31 bits per heavy atom. The fraction of sp³-hybridized carbons (Fsp3) is 0.235. The number of alkyl halides is 3. The molecule has 26 heavy (non-hydrogen) atoms. The Balaban J connectivity index is 2.05. The van der Waals surface area contributed by atoms with Crippen LogP contribution in [0.15, 0.2) is 53.9 Å². The Hall–Kier alpha value is -2.94. The van der Waals surface area contributed by atoms with Gasteiger partial charge in [-0.25, -0.2) is 0 Å². The molecule has 2 aromatic rings. The van der Waals surface area contributed by atoms with Gasteiger partial charge in [-0.15, -0.1) is 0 Å². The summed E-state index contributed by atoms with van der Waals surface area (Å²) in [4.78, 5) is 16.2. The van der Waals surface area contributed by atoms with E-state index in [0.717, 1.165) is 6.20 Å². The van der Waals surface area contributed by atoms with Gasteiger partial charge in [0.25, 0.3) is 11.6 Å². The van der Waals surface area contributed by atoms with Crippen molar-refractivity contribution < 1.29 is 27.8 Å². The second-order valence-corrected chi connectivity index (χ2v) is 5.63. The Labute approximate surface area is 146 Å². The molecule has 0 saturated carbocycles. The number of aliphatic hydroxyl groups is 1. The summed E-state index contributed by atoms with van der Waals surface area (Å²) in [6.07, 6.45) is -3.51. The van der Waals surface area contributed by atoms with Gasteiger partial charge >= 0.3 is 6.18 Å². The predicted molar refractivity (Wildman–Crippen MR) is 85.6 cm³/mol. The molecule has 1 aromatic heterocycles. The molecule has 1 aliphatic heterocycles. The molecule has 2 heterocycles. The number of methoxy groups -OCH3 is 1. The molecule has 3 rings (SSSR count). The lowest BCUT2D eigenvalue weighted by Gasteiger charge is -2.32. The molecule has 0 radical (unpaired) electrons. The maximum atomic E-state index is 13.5. The third-order valence-corrected chi connectivity index (χ3v) is 3.94. The highest BCUT2D eigenvalue weighted by molar-refractivity contribution is 6.05. The molecule has 0 aliphatic carbocycles. The van der Waals surface area contributed by atoms with Gasteiger partial charge in [0.15, 0.2) is 0 Å². The first-order valence-corrected chi connectivity index (χ1v) is 7.52. The van der Waals surface area contributed by atoms with Crippen LogP contribution in [0.1, 0.15) is 22.3 Å². The minimum Gasteiger partial charge on any atom is -0.497 e. The Morgan fingerprint density at radius 3 is 2.69 bits per heavy atom. The molecular formula is C17H14F3N3O3. The van der Waals surface area contributed by atoms with Gasteiger partial charge in [0.05, 0.1) is 24.8 Å². The molecule has 0 bridgehead atoms. The maximum Gasteiger partial charge on any atom is 0.438 e. The minimum absolute atomic E-state index is 0.0683. The minimum atomic E-state index is -5.10. The lowest BCUT2D eigenvalue weighted by Crippen LogP contribution is -2.56. The summed E-state index contributed by atoms with van der Waals surface area (Å²) >= 11 is 0. The van der Waals surface area contributed by atoms with E-state index in [1.165, 1.54) is 37.6 Å². The zero-order valence-corrected chi connectivity index (χ0v) is 13.6. The van der Waals surface area contributed by atoms with Gasteiger partial charge in [0.1, 0.15) is 5.75 Å². The van der Waals surface area contributed by atoms with E-state index >= 15 is 0 Å². The average Bonchev–Trinajstić information content (AvgIpc) is 3.01. The van der Waals surface area contributed by atoms with Gasteiger partial charge < -0.3 is 9.84 Å².